The molecule has 0 spiro atoms. The van der Waals surface area contributed by atoms with E-state index in [-0.39, 0.29) is 12.3 Å². The fraction of sp³-hybridized carbons (Fsp3) is 0.0870. The fourth-order valence-electron chi connectivity index (χ4n) is 3.37. The van der Waals surface area contributed by atoms with E-state index >= 15 is 0 Å². The first-order valence-corrected chi connectivity index (χ1v) is 10.1. The molecule has 0 saturated heterocycles. The normalized spacial score (nSPS) is 11.9. The number of imidazole rings is 1. The van der Waals surface area contributed by atoms with Gasteiger partial charge in [0.15, 0.2) is 0 Å². The van der Waals surface area contributed by atoms with Crippen LogP contribution in [0.2, 0.25) is 0 Å². The zero-order valence-corrected chi connectivity index (χ0v) is 17.4. The minimum Gasteiger partial charge on any atom is -0.481 e. The van der Waals surface area contributed by atoms with Crippen LogP contribution in [0.4, 0.5) is 5.69 Å². The molecule has 0 saturated carbocycles. The molecule has 7 heteroatoms. The number of aromatic nitrogens is 2. The molecule has 6 nitrogen and oxygen atoms in total. The molecule has 0 bridgehead atoms. The van der Waals surface area contributed by atoms with Gasteiger partial charge < -0.3 is 15.0 Å². The number of carbonyl (C=O) groups excluding carboxylic acids is 1. The van der Waals surface area contributed by atoms with Gasteiger partial charge in [0.1, 0.15) is 0 Å². The van der Waals surface area contributed by atoms with Crippen LogP contribution in [0, 0.1) is 0 Å². The van der Waals surface area contributed by atoms with Gasteiger partial charge >= 0.3 is 5.97 Å². The molecule has 0 radical (unpaired) electrons. The summed E-state index contributed by atoms with van der Waals surface area (Å²) in [5, 5.41) is 12.3. The molecule has 4 aromatic rings. The monoisotopic (exact) mass is 463 g/mol. The van der Waals surface area contributed by atoms with Crippen LogP contribution in [0.3, 0.4) is 0 Å². The Morgan fingerprint density at radius 3 is 2.47 bits per heavy atom. The number of carboxylic acid groups (broad SMARTS) is 1. The molecular formula is C23H18BrN3O3. The fourth-order valence-corrected chi connectivity index (χ4v) is 3.64. The number of halogens is 1. The lowest BCUT2D eigenvalue weighted by atomic mass is 10.0. The molecule has 3 aromatic carbocycles. The lowest BCUT2D eigenvalue weighted by Gasteiger charge is -2.18. The largest absolute Gasteiger partial charge is 0.481 e. The number of rotatable bonds is 6. The Hall–Kier alpha value is -3.45. The van der Waals surface area contributed by atoms with Crippen molar-refractivity contribution in [2.24, 2.45) is 0 Å². The molecule has 1 heterocycles. The number of nitrogens with zero attached hydrogens (tertiary/aromatic N) is 2. The van der Waals surface area contributed by atoms with Crippen LogP contribution in [0.15, 0.2) is 83.6 Å². The third kappa shape index (κ3) is 4.26. The van der Waals surface area contributed by atoms with Crippen molar-refractivity contribution in [2.75, 3.05) is 5.32 Å². The van der Waals surface area contributed by atoms with Gasteiger partial charge in [-0.3, -0.25) is 9.59 Å². The molecule has 0 aliphatic heterocycles. The van der Waals surface area contributed by atoms with Crippen molar-refractivity contribution in [3.05, 3.63) is 94.7 Å². The second kappa shape index (κ2) is 8.51. The number of benzene rings is 3. The van der Waals surface area contributed by atoms with Crippen LogP contribution in [0.25, 0.3) is 11.0 Å². The van der Waals surface area contributed by atoms with Crippen LogP contribution in [0.5, 0.6) is 0 Å². The van der Waals surface area contributed by atoms with Crippen molar-refractivity contribution < 1.29 is 14.7 Å². The van der Waals surface area contributed by atoms with E-state index in [1.807, 2.05) is 59.2 Å². The summed E-state index contributed by atoms with van der Waals surface area (Å²) >= 11 is 3.36. The number of anilines is 1. The minimum atomic E-state index is -0.898. The van der Waals surface area contributed by atoms with Crippen molar-refractivity contribution >= 4 is 44.5 Å². The topological polar surface area (TPSA) is 84.2 Å². The summed E-state index contributed by atoms with van der Waals surface area (Å²) in [5.74, 6) is -1.12. The summed E-state index contributed by atoms with van der Waals surface area (Å²) in [5.41, 5.74) is 3.50. The van der Waals surface area contributed by atoms with Crippen LogP contribution in [0.1, 0.15) is 28.4 Å². The van der Waals surface area contributed by atoms with E-state index in [0.29, 0.717) is 11.3 Å². The van der Waals surface area contributed by atoms with E-state index in [9.17, 15) is 14.7 Å². The number of hydrogen-bond acceptors (Lipinski definition) is 3. The highest BCUT2D eigenvalue weighted by atomic mass is 79.9. The standard InChI is InChI=1S/C23H18BrN3O3/c24-17-8-6-16(7-9-17)23(30)26-18-10-11-19-21(12-18)27(14-25-19)20(13-22(28)29)15-4-2-1-3-5-15/h1-12,14,20H,13H2,(H,26,30)(H,28,29). The Balaban J connectivity index is 1.69. The van der Waals surface area contributed by atoms with Gasteiger partial charge in [-0.15, -0.1) is 0 Å². The van der Waals surface area contributed by atoms with Crippen molar-refractivity contribution in [2.45, 2.75) is 12.5 Å². The highest BCUT2D eigenvalue weighted by Gasteiger charge is 2.20. The minimum absolute atomic E-state index is 0.0784. The third-order valence-corrected chi connectivity index (χ3v) is 5.36. The lowest BCUT2D eigenvalue weighted by Crippen LogP contribution is -2.15. The van der Waals surface area contributed by atoms with Gasteiger partial charge in [-0.05, 0) is 48.0 Å². The number of fused-ring (bicyclic) bond motifs is 1. The maximum Gasteiger partial charge on any atom is 0.305 e. The van der Waals surface area contributed by atoms with E-state index in [0.717, 1.165) is 21.1 Å². The van der Waals surface area contributed by atoms with Crippen molar-refractivity contribution in [3.8, 4) is 0 Å². The average molecular weight is 464 g/mol. The predicted molar refractivity (Wildman–Crippen MR) is 119 cm³/mol. The molecule has 0 fully saturated rings. The first kappa shape index (κ1) is 19.8. The lowest BCUT2D eigenvalue weighted by molar-refractivity contribution is -0.137. The quantitative estimate of drug-likeness (QED) is 0.415. The van der Waals surface area contributed by atoms with Crippen molar-refractivity contribution in [3.63, 3.8) is 0 Å². The maximum absolute atomic E-state index is 12.6. The Morgan fingerprint density at radius 2 is 1.77 bits per heavy atom. The van der Waals surface area contributed by atoms with E-state index < -0.39 is 12.0 Å². The summed E-state index contributed by atoms with van der Waals surface area (Å²) in [6.45, 7) is 0. The van der Waals surface area contributed by atoms with Crippen molar-refractivity contribution in [1.82, 2.24) is 9.55 Å². The van der Waals surface area contributed by atoms with Crippen LogP contribution in [-0.4, -0.2) is 26.5 Å². The molecule has 150 valence electrons. The van der Waals surface area contributed by atoms with Crippen LogP contribution in [-0.2, 0) is 4.79 Å². The molecule has 0 aliphatic carbocycles. The number of amides is 1. The number of carbonyl (C=O) groups is 2. The zero-order valence-electron chi connectivity index (χ0n) is 15.8. The van der Waals surface area contributed by atoms with E-state index in [4.69, 9.17) is 0 Å². The highest BCUT2D eigenvalue weighted by Crippen LogP contribution is 2.28. The predicted octanol–water partition coefficient (Wildman–Crippen LogP) is 5.12. The van der Waals surface area contributed by atoms with Gasteiger partial charge in [0.2, 0.25) is 0 Å². The first-order valence-electron chi connectivity index (χ1n) is 9.31. The summed E-state index contributed by atoms with van der Waals surface area (Å²) in [7, 11) is 0. The Kier molecular flexibility index (Phi) is 5.63. The summed E-state index contributed by atoms with van der Waals surface area (Å²) in [6.07, 6.45) is 1.57. The Morgan fingerprint density at radius 1 is 1.03 bits per heavy atom. The van der Waals surface area contributed by atoms with Gasteiger partial charge in [0.25, 0.3) is 5.91 Å². The summed E-state index contributed by atoms with van der Waals surface area (Å²) < 4.78 is 2.74. The number of nitrogens with one attached hydrogen (secondary N) is 1. The van der Waals surface area contributed by atoms with Gasteiger partial charge in [-0.25, -0.2) is 4.98 Å². The van der Waals surface area contributed by atoms with E-state index in [2.05, 4.69) is 26.2 Å². The highest BCUT2D eigenvalue weighted by molar-refractivity contribution is 9.10. The molecule has 1 amide bonds. The van der Waals surface area contributed by atoms with E-state index in [1.165, 1.54) is 0 Å². The molecule has 4 rings (SSSR count). The second-order valence-corrected chi connectivity index (χ2v) is 7.76. The van der Waals surface area contributed by atoms with Gasteiger partial charge in [0, 0.05) is 15.7 Å². The zero-order chi connectivity index (χ0) is 21.1. The van der Waals surface area contributed by atoms with Crippen LogP contribution >= 0.6 is 15.9 Å². The maximum atomic E-state index is 12.6. The van der Waals surface area contributed by atoms with Gasteiger partial charge in [-0.1, -0.05) is 46.3 Å². The molecule has 2 N–H and O–H groups in total. The number of aliphatic carboxylic acids is 1. The molecule has 30 heavy (non-hydrogen) atoms. The smallest absolute Gasteiger partial charge is 0.305 e. The Labute approximate surface area is 181 Å². The number of carboxylic acids is 1. The van der Waals surface area contributed by atoms with Gasteiger partial charge in [0.05, 0.1) is 29.8 Å². The van der Waals surface area contributed by atoms with E-state index in [1.54, 1.807) is 24.5 Å². The number of hydrogen-bond donors (Lipinski definition) is 2. The van der Waals surface area contributed by atoms with Crippen molar-refractivity contribution in [1.29, 1.82) is 0 Å². The molecular weight excluding hydrogens is 446 g/mol. The van der Waals surface area contributed by atoms with Gasteiger partial charge in [-0.2, -0.15) is 0 Å². The molecule has 1 atom stereocenters. The van der Waals surface area contributed by atoms with Crippen LogP contribution < -0.4 is 5.32 Å². The third-order valence-electron chi connectivity index (χ3n) is 4.83. The SMILES string of the molecule is O=C(O)CC(c1ccccc1)n1cnc2ccc(NC(=O)c3ccc(Br)cc3)cc21. The molecule has 0 aliphatic rings. The average Bonchev–Trinajstić information content (AvgIpc) is 3.16. The summed E-state index contributed by atoms with van der Waals surface area (Å²) in [4.78, 5) is 28.5. The first-order chi connectivity index (χ1) is 14.5. The molecule has 1 aromatic heterocycles. The summed E-state index contributed by atoms with van der Waals surface area (Å²) in [6, 6.07) is 21.5. The Bertz CT molecular complexity index is 1200. The second-order valence-electron chi connectivity index (χ2n) is 6.84. The molecule has 1 unspecified atom stereocenters.